The van der Waals surface area contributed by atoms with Gasteiger partial charge in [0.15, 0.2) is 0 Å². The highest BCUT2D eigenvalue weighted by molar-refractivity contribution is 5.78. The maximum absolute atomic E-state index is 11.0. The summed E-state index contributed by atoms with van der Waals surface area (Å²) in [5.41, 5.74) is 1.43. The van der Waals surface area contributed by atoms with Gasteiger partial charge in [-0.25, -0.2) is 4.79 Å². The first-order valence-corrected chi connectivity index (χ1v) is 4.13. The molecule has 1 aromatic carbocycles. The average Bonchev–Trinajstić information content (AvgIpc) is 2.21. The maximum atomic E-state index is 11.0. The van der Waals surface area contributed by atoms with E-state index in [1.165, 1.54) is 6.08 Å². The van der Waals surface area contributed by atoms with Gasteiger partial charge in [-0.3, -0.25) is 4.79 Å². The molecule has 0 spiro atoms. The van der Waals surface area contributed by atoms with Crippen LogP contribution in [0, 0.1) is 0 Å². The molecule has 0 aliphatic rings. The lowest BCUT2D eigenvalue weighted by molar-refractivity contribution is -0.119. The standard InChI is InChI=1S/C10H10N2O2/c1-11-10(14)6-8-2-4-9(5-3-8)12-7-13/h2-5H,6H2,1H3,(H,11,14). The summed E-state index contributed by atoms with van der Waals surface area (Å²) in [5, 5.41) is 2.53. The highest BCUT2D eigenvalue weighted by Gasteiger charge is 1.99. The molecular weight excluding hydrogens is 180 g/mol. The van der Waals surface area contributed by atoms with Crippen LogP contribution in [0.2, 0.25) is 0 Å². The van der Waals surface area contributed by atoms with E-state index in [1.807, 2.05) is 0 Å². The molecule has 1 rings (SSSR count). The van der Waals surface area contributed by atoms with E-state index < -0.39 is 0 Å². The van der Waals surface area contributed by atoms with E-state index in [9.17, 15) is 9.59 Å². The van der Waals surface area contributed by atoms with Crippen molar-refractivity contribution in [1.82, 2.24) is 5.32 Å². The quantitative estimate of drug-likeness (QED) is 0.569. The number of aliphatic imine (C=N–C) groups is 1. The van der Waals surface area contributed by atoms with E-state index in [4.69, 9.17) is 0 Å². The zero-order valence-electron chi connectivity index (χ0n) is 7.78. The Labute approximate surface area is 81.7 Å². The van der Waals surface area contributed by atoms with Crippen LogP contribution in [0.1, 0.15) is 5.56 Å². The zero-order chi connectivity index (χ0) is 10.4. The van der Waals surface area contributed by atoms with Gasteiger partial charge in [-0.2, -0.15) is 4.99 Å². The Bertz CT molecular complexity index is 364. The lowest BCUT2D eigenvalue weighted by atomic mass is 10.1. The maximum Gasteiger partial charge on any atom is 0.240 e. The smallest absolute Gasteiger partial charge is 0.240 e. The minimum absolute atomic E-state index is 0.0448. The highest BCUT2D eigenvalue weighted by atomic mass is 16.1. The number of benzene rings is 1. The molecule has 0 aromatic heterocycles. The fraction of sp³-hybridized carbons (Fsp3) is 0.200. The monoisotopic (exact) mass is 190 g/mol. The Balaban J connectivity index is 2.73. The fourth-order valence-corrected chi connectivity index (χ4v) is 1.01. The lowest BCUT2D eigenvalue weighted by Crippen LogP contribution is -2.19. The normalized spacial score (nSPS) is 8.93. The summed E-state index contributed by atoms with van der Waals surface area (Å²) in [6.45, 7) is 0. The van der Waals surface area contributed by atoms with Crippen molar-refractivity contribution in [2.75, 3.05) is 7.05 Å². The molecule has 0 bridgehead atoms. The van der Waals surface area contributed by atoms with E-state index in [-0.39, 0.29) is 5.91 Å². The van der Waals surface area contributed by atoms with Gasteiger partial charge in [-0.15, -0.1) is 0 Å². The Hall–Kier alpha value is -1.93. The number of nitrogens with one attached hydrogen (secondary N) is 1. The number of likely N-dealkylation sites (N-methyl/N-ethyl adjacent to an activating group) is 1. The summed E-state index contributed by atoms with van der Waals surface area (Å²) in [4.78, 5) is 24.4. The number of rotatable bonds is 3. The second kappa shape index (κ2) is 4.94. The molecule has 0 saturated heterocycles. The second-order valence-corrected chi connectivity index (χ2v) is 2.72. The number of carbonyl (C=O) groups excluding carboxylic acids is 2. The van der Waals surface area contributed by atoms with E-state index in [2.05, 4.69) is 10.3 Å². The summed E-state index contributed by atoms with van der Waals surface area (Å²) in [5.74, 6) is -0.0448. The number of isocyanates is 1. The van der Waals surface area contributed by atoms with E-state index in [0.29, 0.717) is 12.1 Å². The number of amides is 1. The van der Waals surface area contributed by atoms with Gasteiger partial charge < -0.3 is 5.32 Å². The molecule has 0 unspecified atom stereocenters. The van der Waals surface area contributed by atoms with Crippen molar-refractivity contribution < 1.29 is 9.59 Å². The van der Waals surface area contributed by atoms with Crippen LogP contribution in [0.15, 0.2) is 29.3 Å². The van der Waals surface area contributed by atoms with Crippen LogP contribution < -0.4 is 5.32 Å². The summed E-state index contributed by atoms with van der Waals surface area (Å²) in [6.07, 6.45) is 1.79. The van der Waals surface area contributed by atoms with Gasteiger partial charge in [0.2, 0.25) is 12.0 Å². The van der Waals surface area contributed by atoms with E-state index >= 15 is 0 Å². The Morgan fingerprint density at radius 1 is 1.43 bits per heavy atom. The molecule has 72 valence electrons. The molecule has 1 N–H and O–H groups in total. The van der Waals surface area contributed by atoms with Crippen molar-refractivity contribution in [1.29, 1.82) is 0 Å². The molecule has 0 radical (unpaired) electrons. The van der Waals surface area contributed by atoms with Crippen molar-refractivity contribution in [3.8, 4) is 0 Å². The van der Waals surface area contributed by atoms with E-state index in [1.54, 1.807) is 31.3 Å². The predicted octanol–water partition coefficient (Wildman–Crippen LogP) is 0.942. The van der Waals surface area contributed by atoms with Gasteiger partial charge in [-0.1, -0.05) is 12.1 Å². The molecule has 1 amide bonds. The van der Waals surface area contributed by atoms with Crippen LogP contribution in [-0.4, -0.2) is 19.0 Å². The SMILES string of the molecule is CNC(=O)Cc1ccc(N=C=O)cc1. The number of hydrogen-bond donors (Lipinski definition) is 1. The minimum atomic E-state index is -0.0448. The lowest BCUT2D eigenvalue weighted by Gasteiger charge is -1.99. The molecular formula is C10H10N2O2. The second-order valence-electron chi connectivity index (χ2n) is 2.72. The molecule has 0 aliphatic carbocycles. The topological polar surface area (TPSA) is 58.5 Å². The third kappa shape index (κ3) is 2.84. The third-order valence-electron chi connectivity index (χ3n) is 1.75. The zero-order valence-corrected chi connectivity index (χ0v) is 7.78. The molecule has 4 heteroatoms. The summed E-state index contributed by atoms with van der Waals surface area (Å²) in [6, 6.07) is 6.85. The van der Waals surface area contributed by atoms with Crippen molar-refractivity contribution in [2.24, 2.45) is 4.99 Å². The molecule has 0 atom stereocenters. The van der Waals surface area contributed by atoms with Crippen molar-refractivity contribution in [3.63, 3.8) is 0 Å². The van der Waals surface area contributed by atoms with Crippen LogP contribution in [0.25, 0.3) is 0 Å². The minimum Gasteiger partial charge on any atom is -0.359 e. The molecule has 0 aliphatic heterocycles. The van der Waals surface area contributed by atoms with Gasteiger partial charge in [0, 0.05) is 7.05 Å². The van der Waals surface area contributed by atoms with Crippen molar-refractivity contribution in [2.45, 2.75) is 6.42 Å². The summed E-state index contributed by atoms with van der Waals surface area (Å²) >= 11 is 0. The van der Waals surface area contributed by atoms with E-state index in [0.717, 1.165) is 5.56 Å². The Morgan fingerprint density at radius 3 is 2.57 bits per heavy atom. The van der Waals surface area contributed by atoms with Gasteiger partial charge >= 0.3 is 0 Å². The summed E-state index contributed by atoms with van der Waals surface area (Å²) in [7, 11) is 1.59. The fourth-order valence-electron chi connectivity index (χ4n) is 1.01. The Kier molecular flexibility index (Phi) is 3.58. The Morgan fingerprint density at radius 2 is 2.07 bits per heavy atom. The van der Waals surface area contributed by atoms with Crippen molar-refractivity contribution >= 4 is 17.7 Å². The van der Waals surface area contributed by atoms with Gasteiger partial charge in [0.1, 0.15) is 0 Å². The first-order chi connectivity index (χ1) is 6.76. The van der Waals surface area contributed by atoms with Crippen LogP contribution in [0.5, 0.6) is 0 Å². The van der Waals surface area contributed by atoms with Crippen LogP contribution in [0.3, 0.4) is 0 Å². The summed E-state index contributed by atoms with van der Waals surface area (Å²) < 4.78 is 0. The molecule has 0 heterocycles. The molecule has 1 aromatic rings. The molecule has 0 saturated carbocycles. The molecule has 0 fully saturated rings. The first kappa shape index (κ1) is 10.2. The third-order valence-corrected chi connectivity index (χ3v) is 1.75. The van der Waals surface area contributed by atoms with Crippen LogP contribution in [0.4, 0.5) is 5.69 Å². The molecule has 4 nitrogen and oxygen atoms in total. The first-order valence-electron chi connectivity index (χ1n) is 4.13. The predicted molar refractivity (Wildman–Crippen MR) is 52.0 cm³/mol. The number of hydrogen-bond acceptors (Lipinski definition) is 3. The largest absolute Gasteiger partial charge is 0.359 e. The average molecular weight is 190 g/mol. The van der Waals surface area contributed by atoms with Crippen LogP contribution in [-0.2, 0) is 16.0 Å². The van der Waals surface area contributed by atoms with Gasteiger partial charge in [0.05, 0.1) is 12.1 Å². The number of carbonyl (C=O) groups is 1. The number of nitrogens with zero attached hydrogens (tertiary/aromatic N) is 1. The van der Waals surface area contributed by atoms with Gasteiger partial charge in [-0.05, 0) is 17.7 Å². The highest BCUT2D eigenvalue weighted by Crippen LogP contribution is 2.12. The van der Waals surface area contributed by atoms with Gasteiger partial charge in [0.25, 0.3) is 0 Å². The molecule has 14 heavy (non-hydrogen) atoms. The van der Waals surface area contributed by atoms with Crippen molar-refractivity contribution in [3.05, 3.63) is 29.8 Å². The van der Waals surface area contributed by atoms with Crippen LogP contribution >= 0.6 is 0 Å².